The molecular weight excluding hydrogens is 236 g/mol. The SMILES string of the molecule is CC(C)(C)OC(=O)NC(C=O)CC1CCNC1=O. The number of hydrogen-bond acceptors (Lipinski definition) is 4. The van der Waals surface area contributed by atoms with Gasteiger partial charge >= 0.3 is 6.09 Å². The molecule has 1 heterocycles. The molecule has 2 unspecified atom stereocenters. The van der Waals surface area contributed by atoms with Gasteiger partial charge in [0.05, 0.1) is 6.04 Å². The van der Waals surface area contributed by atoms with Gasteiger partial charge in [-0.1, -0.05) is 0 Å². The predicted molar refractivity (Wildman–Crippen MR) is 65.0 cm³/mol. The van der Waals surface area contributed by atoms with Crippen molar-refractivity contribution in [1.29, 1.82) is 0 Å². The van der Waals surface area contributed by atoms with E-state index in [2.05, 4.69) is 10.6 Å². The Morgan fingerprint density at radius 1 is 1.61 bits per heavy atom. The lowest BCUT2D eigenvalue weighted by atomic mass is 9.99. The van der Waals surface area contributed by atoms with Crippen LogP contribution in [0.15, 0.2) is 0 Å². The molecule has 102 valence electrons. The van der Waals surface area contributed by atoms with Gasteiger partial charge < -0.3 is 20.2 Å². The molecule has 6 heteroatoms. The molecule has 1 aliphatic heterocycles. The van der Waals surface area contributed by atoms with Crippen LogP contribution in [0.3, 0.4) is 0 Å². The van der Waals surface area contributed by atoms with Gasteiger partial charge in [0.1, 0.15) is 11.9 Å². The maximum absolute atomic E-state index is 11.5. The van der Waals surface area contributed by atoms with Crippen LogP contribution in [-0.4, -0.2) is 36.5 Å². The van der Waals surface area contributed by atoms with Crippen LogP contribution in [0.1, 0.15) is 33.6 Å². The molecule has 2 amide bonds. The highest BCUT2D eigenvalue weighted by Gasteiger charge is 2.28. The molecule has 0 aromatic rings. The van der Waals surface area contributed by atoms with Crippen molar-refractivity contribution in [1.82, 2.24) is 10.6 Å². The first kappa shape index (κ1) is 14.5. The number of ether oxygens (including phenoxy) is 1. The summed E-state index contributed by atoms with van der Waals surface area (Å²) in [4.78, 5) is 33.8. The first-order valence-corrected chi connectivity index (χ1v) is 6.04. The third kappa shape index (κ3) is 4.73. The maximum Gasteiger partial charge on any atom is 0.408 e. The monoisotopic (exact) mass is 256 g/mol. The van der Waals surface area contributed by atoms with E-state index in [0.29, 0.717) is 25.7 Å². The fraction of sp³-hybridized carbons (Fsp3) is 0.750. The van der Waals surface area contributed by atoms with E-state index in [4.69, 9.17) is 4.74 Å². The largest absolute Gasteiger partial charge is 0.444 e. The minimum absolute atomic E-state index is 0.0622. The second-order valence-electron chi connectivity index (χ2n) is 5.40. The molecular formula is C12H20N2O4. The van der Waals surface area contributed by atoms with E-state index in [1.807, 2.05) is 0 Å². The minimum atomic E-state index is -0.686. The van der Waals surface area contributed by atoms with Gasteiger partial charge in [0.15, 0.2) is 0 Å². The normalized spacial score (nSPS) is 21.1. The Hall–Kier alpha value is -1.59. The Kier molecular flexibility index (Phi) is 4.69. The van der Waals surface area contributed by atoms with Gasteiger partial charge in [-0.05, 0) is 33.6 Å². The predicted octanol–water partition coefficient (Wildman–Crippen LogP) is 0.605. The maximum atomic E-state index is 11.5. The van der Waals surface area contributed by atoms with E-state index >= 15 is 0 Å². The molecule has 0 bridgehead atoms. The van der Waals surface area contributed by atoms with E-state index in [1.165, 1.54) is 0 Å². The molecule has 0 saturated carbocycles. The lowest BCUT2D eigenvalue weighted by molar-refractivity contribution is -0.122. The number of carbonyl (C=O) groups excluding carboxylic acids is 3. The summed E-state index contributed by atoms with van der Waals surface area (Å²) >= 11 is 0. The van der Waals surface area contributed by atoms with Crippen LogP contribution in [0.25, 0.3) is 0 Å². The van der Waals surface area contributed by atoms with E-state index in [1.54, 1.807) is 20.8 Å². The van der Waals surface area contributed by atoms with Crippen LogP contribution in [0.2, 0.25) is 0 Å². The number of hydrogen-bond donors (Lipinski definition) is 2. The van der Waals surface area contributed by atoms with Crippen molar-refractivity contribution in [3.63, 3.8) is 0 Å². The number of rotatable bonds is 4. The molecule has 18 heavy (non-hydrogen) atoms. The van der Waals surface area contributed by atoms with Gasteiger partial charge in [0.25, 0.3) is 0 Å². The highest BCUT2D eigenvalue weighted by atomic mass is 16.6. The summed E-state index contributed by atoms with van der Waals surface area (Å²) in [5.41, 5.74) is -0.609. The highest BCUT2D eigenvalue weighted by Crippen LogP contribution is 2.16. The average Bonchev–Trinajstić information content (AvgIpc) is 2.60. The third-order valence-corrected chi connectivity index (χ3v) is 2.57. The van der Waals surface area contributed by atoms with Crippen molar-refractivity contribution < 1.29 is 19.1 Å². The van der Waals surface area contributed by atoms with Gasteiger partial charge in [-0.2, -0.15) is 0 Å². The molecule has 0 aromatic heterocycles. The fourth-order valence-electron chi connectivity index (χ4n) is 1.78. The van der Waals surface area contributed by atoms with Crippen LogP contribution in [-0.2, 0) is 14.3 Å². The summed E-state index contributed by atoms with van der Waals surface area (Å²) in [6.07, 6.45) is 1.00. The molecule has 6 nitrogen and oxygen atoms in total. The number of nitrogens with one attached hydrogen (secondary N) is 2. The van der Waals surface area contributed by atoms with Crippen molar-refractivity contribution in [2.45, 2.75) is 45.3 Å². The first-order valence-electron chi connectivity index (χ1n) is 6.04. The lowest BCUT2D eigenvalue weighted by Gasteiger charge is -2.22. The molecule has 0 radical (unpaired) electrons. The van der Waals surface area contributed by atoms with E-state index < -0.39 is 17.7 Å². The molecule has 2 atom stereocenters. The van der Waals surface area contributed by atoms with Crippen molar-refractivity contribution in [3.8, 4) is 0 Å². The van der Waals surface area contributed by atoms with Crippen LogP contribution >= 0.6 is 0 Å². The number of amides is 2. The molecule has 1 fully saturated rings. The molecule has 2 N–H and O–H groups in total. The second kappa shape index (κ2) is 5.84. The van der Waals surface area contributed by atoms with Crippen molar-refractivity contribution >= 4 is 18.3 Å². The summed E-state index contributed by atoms with van der Waals surface area (Å²) < 4.78 is 5.05. The molecule has 0 aromatic carbocycles. The quantitative estimate of drug-likeness (QED) is 0.722. The van der Waals surface area contributed by atoms with Gasteiger partial charge in [-0.3, -0.25) is 4.79 Å². The number of carbonyl (C=O) groups is 3. The third-order valence-electron chi connectivity index (χ3n) is 2.57. The van der Waals surface area contributed by atoms with Crippen molar-refractivity contribution in [2.75, 3.05) is 6.54 Å². The van der Waals surface area contributed by atoms with Crippen LogP contribution < -0.4 is 10.6 Å². The molecule has 1 saturated heterocycles. The highest BCUT2D eigenvalue weighted by molar-refractivity contribution is 5.81. The van der Waals surface area contributed by atoms with Crippen molar-refractivity contribution in [2.24, 2.45) is 5.92 Å². The van der Waals surface area contributed by atoms with Crippen molar-refractivity contribution in [3.05, 3.63) is 0 Å². The summed E-state index contributed by atoms with van der Waals surface area (Å²) in [7, 11) is 0. The molecule has 0 spiro atoms. The fourth-order valence-corrected chi connectivity index (χ4v) is 1.78. The summed E-state index contributed by atoms with van der Waals surface area (Å²) in [5, 5.41) is 5.15. The molecule has 1 rings (SSSR count). The van der Waals surface area contributed by atoms with Crippen LogP contribution in [0, 0.1) is 5.92 Å². The average molecular weight is 256 g/mol. The Labute approximate surface area is 106 Å². The van der Waals surface area contributed by atoms with Crippen LogP contribution in [0.4, 0.5) is 4.79 Å². The zero-order valence-electron chi connectivity index (χ0n) is 11.0. The number of aldehydes is 1. The molecule has 0 aliphatic carbocycles. The van der Waals surface area contributed by atoms with Gasteiger partial charge in [0.2, 0.25) is 5.91 Å². The Balaban J connectivity index is 2.44. The first-order chi connectivity index (χ1) is 8.31. The zero-order valence-corrected chi connectivity index (χ0v) is 11.0. The Bertz CT molecular complexity index is 335. The summed E-state index contributed by atoms with van der Waals surface area (Å²) in [6, 6.07) is -0.686. The Morgan fingerprint density at radius 3 is 2.72 bits per heavy atom. The van der Waals surface area contributed by atoms with Crippen LogP contribution in [0.5, 0.6) is 0 Å². The van der Waals surface area contributed by atoms with Gasteiger partial charge in [-0.15, -0.1) is 0 Å². The van der Waals surface area contributed by atoms with E-state index in [9.17, 15) is 14.4 Å². The Morgan fingerprint density at radius 2 is 2.28 bits per heavy atom. The summed E-state index contributed by atoms with van der Waals surface area (Å²) in [5.74, 6) is -0.275. The standard InChI is InChI=1S/C12H20N2O4/c1-12(2,3)18-11(17)14-9(7-15)6-8-4-5-13-10(8)16/h7-9H,4-6H2,1-3H3,(H,13,16)(H,14,17). The summed E-state index contributed by atoms with van der Waals surface area (Å²) in [6.45, 7) is 5.86. The smallest absolute Gasteiger partial charge is 0.408 e. The van der Waals surface area contributed by atoms with Gasteiger partial charge in [-0.25, -0.2) is 4.79 Å². The lowest BCUT2D eigenvalue weighted by Crippen LogP contribution is -2.41. The number of alkyl carbamates (subject to hydrolysis) is 1. The minimum Gasteiger partial charge on any atom is -0.444 e. The van der Waals surface area contributed by atoms with Gasteiger partial charge in [0, 0.05) is 12.5 Å². The topological polar surface area (TPSA) is 84.5 Å². The van der Waals surface area contributed by atoms with E-state index in [-0.39, 0.29) is 11.8 Å². The second-order valence-corrected chi connectivity index (χ2v) is 5.40. The zero-order chi connectivity index (χ0) is 13.8. The van der Waals surface area contributed by atoms with E-state index in [0.717, 1.165) is 0 Å². The molecule has 1 aliphatic rings.